The van der Waals surface area contributed by atoms with E-state index in [9.17, 15) is 13.6 Å². The van der Waals surface area contributed by atoms with E-state index in [1.54, 1.807) is 6.92 Å². The summed E-state index contributed by atoms with van der Waals surface area (Å²) in [4.78, 5) is 15.1. The molecule has 100 valence electrons. The van der Waals surface area contributed by atoms with Crippen LogP contribution in [0.3, 0.4) is 0 Å². The molecule has 0 aliphatic heterocycles. The Morgan fingerprint density at radius 2 is 2.28 bits per heavy atom. The summed E-state index contributed by atoms with van der Waals surface area (Å²) < 4.78 is 30.9. The predicted octanol–water partition coefficient (Wildman–Crippen LogP) is 3.63. The van der Waals surface area contributed by atoms with Crippen LogP contribution in [-0.2, 0) is 21.8 Å². The number of pyridine rings is 1. The molecule has 7 heteroatoms. The number of hydrogen-bond acceptors (Lipinski definition) is 3. The summed E-state index contributed by atoms with van der Waals surface area (Å²) >= 11 is 8.71. The first-order valence-electron chi connectivity index (χ1n) is 5.17. The van der Waals surface area contributed by atoms with Crippen LogP contribution in [0.25, 0.3) is 0 Å². The maximum absolute atomic E-state index is 12.9. The molecule has 0 aliphatic rings. The van der Waals surface area contributed by atoms with Gasteiger partial charge >= 0.3 is 5.97 Å². The van der Waals surface area contributed by atoms with Gasteiger partial charge in [0.2, 0.25) is 0 Å². The van der Waals surface area contributed by atoms with E-state index in [0.717, 1.165) is 0 Å². The summed E-state index contributed by atoms with van der Waals surface area (Å²) in [6, 6.07) is 1.52. The average Bonchev–Trinajstić information content (AvgIpc) is 2.31. The van der Waals surface area contributed by atoms with Gasteiger partial charge < -0.3 is 4.74 Å². The van der Waals surface area contributed by atoms with Crippen molar-refractivity contribution in [3.8, 4) is 0 Å². The van der Waals surface area contributed by atoms with Crippen LogP contribution < -0.4 is 0 Å². The highest BCUT2D eigenvalue weighted by atomic mass is 79.9. The summed E-state index contributed by atoms with van der Waals surface area (Å²) in [6.45, 7) is 1.85. The van der Waals surface area contributed by atoms with Crippen molar-refractivity contribution in [2.45, 2.75) is 25.7 Å². The van der Waals surface area contributed by atoms with Crippen molar-refractivity contribution in [2.75, 3.05) is 6.61 Å². The fraction of sp³-hybridized carbons (Fsp3) is 0.455. The van der Waals surface area contributed by atoms with E-state index in [2.05, 4.69) is 20.9 Å². The van der Waals surface area contributed by atoms with E-state index < -0.39 is 18.1 Å². The molecular formula is C11H11BrClF2NO2. The Labute approximate surface area is 117 Å². The largest absolute Gasteiger partial charge is 0.466 e. The summed E-state index contributed by atoms with van der Waals surface area (Å²) in [5.41, 5.74) is 0.0249. The molecule has 0 unspecified atom stereocenters. The number of carbonyl (C=O) groups excluding carboxylic acids is 1. The van der Waals surface area contributed by atoms with Crippen LogP contribution in [0.15, 0.2) is 10.5 Å². The van der Waals surface area contributed by atoms with Gasteiger partial charge in [0.05, 0.1) is 24.6 Å². The summed E-state index contributed by atoms with van der Waals surface area (Å²) in [5.74, 6) is -0.543. The fourth-order valence-electron chi connectivity index (χ4n) is 1.39. The quantitative estimate of drug-likeness (QED) is 0.606. The van der Waals surface area contributed by atoms with Crippen LogP contribution in [0, 0.1) is 0 Å². The Kier molecular flexibility index (Phi) is 5.95. The molecule has 0 spiro atoms. The highest BCUT2D eigenvalue weighted by Crippen LogP contribution is 2.29. The smallest absolute Gasteiger partial charge is 0.310 e. The summed E-state index contributed by atoms with van der Waals surface area (Å²) in [7, 11) is 0. The lowest BCUT2D eigenvalue weighted by atomic mass is 10.1. The van der Waals surface area contributed by atoms with Crippen molar-refractivity contribution < 1.29 is 18.3 Å². The molecule has 0 amide bonds. The van der Waals surface area contributed by atoms with Gasteiger partial charge in [0, 0.05) is 10.0 Å². The molecule has 1 heterocycles. The van der Waals surface area contributed by atoms with Crippen molar-refractivity contribution in [3.63, 3.8) is 0 Å². The third-order valence-electron chi connectivity index (χ3n) is 2.12. The number of hydrogen-bond donors (Lipinski definition) is 0. The zero-order valence-corrected chi connectivity index (χ0v) is 11.9. The Balaban J connectivity index is 3.12. The average molecular weight is 343 g/mol. The molecule has 0 aromatic carbocycles. The van der Waals surface area contributed by atoms with Crippen LogP contribution in [0.4, 0.5) is 8.78 Å². The van der Waals surface area contributed by atoms with E-state index in [4.69, 9.17) is 16.3 Å². The number of ether oxygens (including phenoxy) is 1. The van der Waals surface area contributed by atoms with Gasteiger partial charge in [0.1, 0.15) is 5.69 Å². The minimum absolute atomic E-state index is 0.0258. The number of carbonyl (C=O) groups is 1. The number of alkyl halides is 3. The van der Waals surface area contributed by atoms with Crippen molar-refractivity contribution in [3.05, 3.63) is 27.5 Å². The number of aromatic nitrogens is 1. The van der Waals surface area contributed by atoms with E-state index in [1.165, 1.54) is 6.07 Å². The zero-order valence-electron chi connectivity index (χ0n) is 9.55. The number of rotatable bonds is 5. The van der Waals surface area contributed by atoms with E-state index >= 15 is 0 Å². The van der Waals surface area contributed by atoms with Gasteiger partial charge in [0.25, 0.3) is 6.43 Å². The monoisotopic (exact) mass is 341 g/mol. The van der Waals surface area contributed by atoms with Crippen molar-refractivity contribution in [2.24, 2.45) is 0 Å². The molecule has 1 aromatic rings. The standard InChI is InChI=1S/C11H11BrClF2NO2/c1-2-18-9(17)4-7-8(12)3-6(5-13)16-10(7)11(14)15/h3,11H,2,4-5H2,1H3. The second kappa shape index (κ2) is 6.99. The minimum atomic E-state index is -2.77. The minimum Gasteiger partial charge on any atom is -0.466 e. The van der Waals surface area contributed by atoms with Gasteiger partial charge in [-0.05, 0) is 13.0 Å². The highest BCUT2D eigenvalue weighted by Gasteiger charge is 2.21. The van der Waals surface area contributed by atoms with Gasteiger partial charge in [-0.2, -0.15) is 0 Å². The van der Waals surface area contributed by atoms with Crippen molar-refractivity contribution in [1.82, 2.24) is 4.98 Å². The normalized spacial score (nSPS) is 10.8. The van der Waals surface area contributed by atoms with E-state index in [0.29, 0.717) is 10.2 Å². The first kappa shape index (κ1) is 15.3. The SMILES string of the molecule is CCOC(=O)Cc1c(Br)cc(CCl)nc1C(F)F. The van der Waals surface area contributed by atoms with Crippen LogP contribution in [-0.4, -0.2) is 17.6 Å². The molecule has 1 rings (SSSR count). The molecule has 3 nitrogen and oxygen atoms in total. The third-order valence-corrected chi connectivity index (χ3v) is 3.11. The van der Waals surface area contributed by atoms with Gasteiger partial charge in [-0.1, -0.05) is 15.9 Å². The Hall–Kier alpha value is -0.750. The molecule has 0 radical (unpaired) electrons. The molecule has 1 aromatic heterocycles. The van der Waals surface area contributed by atoms with Crippen LogP contribution in [0.5, 0.6) is 0 Å². The first-order chi connectivity index (χ1) is 8.49. The molecule has 0 bridgehead atoms. The summed E-state index contributed by atoms with van der Waals surface area (Å²) in [5, 5.41) is 0. The highest BCUT2D eigenvalue weighted by molar-refractivity contribution is 9.10. The topological polar surface area (TPSA) is 39.2 Å². The Bertz CT molecular complexity index is 443. The molecular weight excluding hydrogens is 331 g/mol. The van der Waals surface area contributed by atoms with Crippen molar-refractivity contribution >= 4 is 33.5 Å². The van der Waals surface area contributed by atoms with Gasteiger partial charge in [-0.25, -0.2) is 8.78 Å². The Morgan fingerprint density at radius 3 is 2.78 bits per heavy atom. The second-order valence-electron chi connectivity index (χ2n) is 3.38. The van der Waals surface area contributed by atoms with Crippen molar-refractivity contribution in [1.29, 1.82) is 0 Å². The lowest BCUT2D eigenvalue weighted by Gasteiger charge is -2.11. The van der Waals surface area contributed by atoms with Crippen LogP contribution in [0.2, 0.25) is 0 Å². The lowest BCUT2D eigenvalue weighted by Crippen LogP contribution is -2.12. The zero-order chi connectivity index (χ0) is 13.7. The molecule has 0 fully saturated rings. The van der Waals surface area contributed by atoms with Crippen LogP contribution >= 0.6 is 27.5 Å². The summed E-state index contributed by atoms with van der Waals surface area (Å²) in [6.07, 6.45) is -3.02. The molecule has 0 aliphatic carbocycles. The Morgan fingerprint density at radius 1 is 1.61 bits per heavy atom. The number of nitrogens with zero attached hydrogens (tertiary/aromatic N) is 1. The van der Waals surface area contributed by atoms with E-state index in [-0.39, 0.29) is 24.5 Å². The number of esters is 1. The molecule has 0 atom stereocenters. The molecule has 0 N–H and O–H groups in total. The molecule has 0 saturated heterocycles. The van der Waals surface area contributed by atoms with E-state index in [1.807, 2.05) is 0 Å². The predicted molar refractivity (Wildman–Crippen MR) is 66.8 cm³/mol. The van der Waals surface area contributed by atoms with Gasteiger partial charge in [0.15, 0.2) is 0 Å². The molecule has 18 heavy (non-hydrogen) atoms. The lowest BCUT2D eigenvalue weighted by molar-refractivity contribution is -0.142. The number of halogens is 4. The van der Waals surface area contributed by atoms with Crippen LogP contribution in [0.1, 0.15) is 30.3 Å². The van der Waals surface area contributed by atoms with Gasteiger partial charge in [-0.15, -0.1) is 11.6 Å². The fourth-order valence-corrected chi connectivity index (χ4v) is 2.13. The maximum Gasteiger partial charge on any atom is 0.310 e. The maximum atomic E-state index is 12.9. The first-order valence-corrected chi connectivity index (χ1v) is 6.50. The van der Waals surface area contributed by atoms with Gasteiger partial charge in [-0.3, -0.25) is 9.78 Å². The molecule has 0 saturated carbocycles. The second-order valence-corrected chi connectivity index (χ2v) is 4.50. The third kappa shape index (κ3) is 3.88.